The van der Waals surface area contributed by atoms with Crippen LogP contribution in [-0.2, 0) is 14.3 Å². The maximum absolute atomic E-state index is 12.3. The van der Waals surface area contributed by atoms with E-state index < -0.39 is 24.6 Å². The Labute approximate surface area is 182 Å². The zero-order chi connectivity index (χ0) is 22.8. The van der Waals surface area contributed by atoms with Crippen LogP contribution in [0.25, 0.3) is 0 Å². The molecule has 0 aromatic heterocycles. The van der Waals surface area contributed by atoms with Crippen molar-refractivity contribution in [1.82, 2.24) is 4.90 Å². The van der Waals surface area contributed by atoms with Crippen molar-refractivity contribution in [3.05, 3.63) is 54.1 Å². The molecule has 31 heavy (non-hydrogen) atoms. The molecule has 0 aliphatic carbocycles. The van der Waals surface area contributed by atoms with Gasteiger partial charge in [-0.05, 0) is 69.3 Å². The standard InChI is InChI=1S/C23H28N2O6/c1-5-25(6-2)22(27)17-7-9-18(10-8-17)24-21(26)15-30-23(28)16(3)31-20-13-11-19(29-4)12-14-20/h7-14,16H,5-6,15H2,1-4H3,(H,24,26). The molecule has 1 atom stereocenters. The molecule has 0 aliphatic heterocycles. The number of benzene rings is 2. The summed E-state index contributed by atoms with van der Waals surface area (Å²) < 4.78 is 15.6. The second-order valence-corrected chi connectivity index (χ2v) is 6.65. The van der Waals surface area contributed by atoms with Crippen molar-refractivity contribution < 1.29 is 28.6 Å². The lowest BCUT2D eigenvalue weighted by Gasteiger charge is -2.18. The lowest BCUT2D eigenvalue weighted by atomic mass is 10.2. The Morgan fingerprint density at radius 2 is 1.52 bits per heavy atom. The quantitative estimate of drug-likeness (QED) is 0.585. The van der Waals surface area contributed by atoms with Crippen LogP contribution >= 0.6 is 0 Å². The van der Waals surface area contributed by atoms with E-state index in [4.69, 9.17) is 14.2 Å². The predicted molar refractivity (Wildman–Crippen MR) is 116 cm³/mol. The summed E-state index contributed by atoms with van der Waals surface area (Å²) in [5.41, 5.74) is 1.04. The zero-order valence-corrected chi connectivity index (χ0v) is 18.2. The molecule has 0 spiro atoms. The van der Waals surface area contributed by atoms with Crippen LogP contribution in [0.5, 0.6) is 11.5 Å². The van der Waals surface area contributed by atoms with Gasteiger partial charge in [-0.1, -0.05) is 0 Å². The van der Waals surface area contributed by atoms with Crippen molar-refractivity contribution in [2.24, 2.45) is 0 Å². The van der Waals surface area contributed by atoms with Crippen LogP contribution in [0.4, 0.5) is 5.69 Å². The van der Waals surface area contributed by atoms with Crippen molar-refractivity contribution in [3.8, 4) is 11.5 Å². The highest BCUT2D eigenvalue weighted by Crippen LogP contribution is 2.18. The van der Waals surface area contributed by atoms with Gasteiger partial charge >= 0.3 is 5.97 Å². The van der Waals surface area contributed by atoms with Crippen molar-refractivity contribution in [3.63, 3.8) is 0 Å². The first-order valence-electron chi connectivity index (χ1n) is 10.0. The van der Waals surface area contributed by atoms with Gasteiger partial charge in [-0.2, -0.15) is 0 Å². The fourth-order valence-corrected chi connectivity index (χ4v) is 2.75. The SMILES string of the molecule is CCN(CC)C(=O)c1ccc(NC(=O)COC(=O)C(C)Oc2ccc(OC)cc2)cc1. The molecule has 0 radical (unpaired) electrons. The van der Waals surface area contributed by atoms with Crippen molar-refractivity contribution in [1.29, 1.82) is 0 Å². The second-order valence-electron chi connectivity index (χ2n) is 6.65. The summed E-state index contributed by atoms with van der Waals surface area (Å²) in [5, 5.41) is 2.63. The van der Waals surface area contributed by atoms with Gasteiger partial charge in [0.05, 0.1) is 7.11 Å². The number of ether oxygens (including phenoxy) is 3. The molecule has 2 aromatic rings. The van der Waals surface area contributed by atoms with Gasteiger partial charge in [0, 0.05) is 24.3 Å². The van der Waals surface area contributed by atoms with Crippen molar-refractivity contribution >= 4 is 23.5 Å². The Morgan fingerprint density at radius 3 is 2.06 bits per heavy atom. The molecule has 2 amide bonds. The number of methoxy groups -OCH3 is 1. The monoisotopic (exact) mass is 428 g/mol. The first kappa shape index (κ1) is 23.7. The van der Waals surface area contributed by atoms with Crippen LogP contribution in [0.3, 0.4) is 0 Å². The van der Waals surface area contributed by atoms with Gasteiger partial charge in [0.2, 0.25) is 0 Å². The Kier molecular flexibility index (Phi) is 8.87. The third kappa shape index (κ3) is 7.02. The van der Waals surface area contributed by atoms with E-state index in [1.165, 1.54) is 6.92 Å². The Morgan fingerprint density at radius 1 is 0.935 bits per heavy atom. The van der Waals surface area contributed by atoms with Gasteiger partial charge < -0.3 is 24.4 Å². The molecule has 166 valence electrons. The van der Waals surface area contributed by atoms with E-state index in [1.54, 1.807) is 60.5 Å². The van der Waals surface area contributed by atoms with Crippen molar-refractivity contribution in [2.75, 3.05) is 32.1 Å². The third-order valence-corrected chi connectivity index (χ3v) is 4.52. The number of anilines is 1. The molecule has 1 N–H and O–H groups in total. The Hall–Kier alpha value is -3.55. The molecular weight excluding hydrogens is 400 g/mol. The van der Waals surface area contributed by atoms with Gasteiger partial charge in [-0.25, -0.2) is 4.79 Å². The number of hydrogen-bond acceptors (Lipinski definition) is 6. The molecule has 0 saturated carbocycles. The van der Waals surface area contributed by atoms with Crippen LogP contribution < -0.4 is 14.8 Å². The van der Waals surface area contributed by atoms with Crippen molar-refractivity contribution in [2.45, 2.75) is 26.9 Å². The van der Waals surface area contributed by atoms with Gasteiger partial charge in [0.15, 0.2) is 12.7 Å². The van der Waals surface area contributed by atoms with Gasteiger partial charge in [-0.3, -0.25) is 9.59 Å². The molecule has 0 saturated heterocycles. The maximum atomic E-state index is 12.3. The first-order chi connectivity index (χ1) is 14.9. The number of carbonyl (C=O) groups is 3. The van der Waals surface area contributed by atoms with Gasteiger partial charge in [0.25, 0.3) is 11.8 Å². The molecule has 0 aliphatic rings. The number of esters is 1. The van der Waals surface area contributed by atoms with E-state index >= 15 is 0 Å². The van der Waals surface area contributed by atoms with Gasteiger partial charge in [-0.15, -0.1) is 0 Å². The van der Waals surface area contributed by atoms with E-state index in [2.05, 4.69) is 5.32 Å². The van der Waals surface area contributed by atoms with E-state index in [9.17, 15) is 14.4 Å². The Bertz CT molecular complexity index is 876. The molecule has 2 rings (SSSR count). The number of nitrogens with one attached hydrogen (secondary N) is 1. The number of hydrogen-bond donors (Lipinski definition) is 1. The average Bonchev–Trinajstić information content (AvgIpc) is 2.79. The summed E-state index contributed by atoms with van der Waals surface area (Å²) in [6, 6.07) is 13.3. The smallest absolute Gasteiger partial charge is 0.347 e. The highest BCUT2D eigenvalue weighted by Gasteiger charge is 2.18. The minimum absolute atomic E-state index is 0.0670. The topological polar surface area (TPSA) is 94.2 Å². The second kappa shape index (κ2) is 11.6. The minimum Gasteiger partial charge on any atom is -0.497 e. The summed E-state index contributed by atoms with van der Waals surface area (Å²) in [5.74, 6) is -0.0691. The molecule has 2 aromatic carbocycles. The summed E-state index contributed by atoms with van der Waals surface area (Å²) in [6.07, 6.45) is -0.883. The molecule has 8 heteroatoms. The maximum Gasteiger partial charge on any atom is 0.347 e. The van der Waals surface area contributed by atoms with Crippen LogP contribution in [0.2, 0.25) is 0 Å². The lowest BCUT2D eigenvalue weighted by Crippen LogP contribution is -2.30. The molecule has 1 unspecified atom stereocenters. The average molecular weight is 428 g/mol. The summed E-state index contributed by atoms with van der Waals surface area (Å²) in [7, 11) is 1.56. The molecule has 0 heterocycles. The van der Waals surface area contributed by atoms with Crippen LogP contribution in [0.1, 0.15) is 31.1 Å². The van der Waals surface area contributed by atoms with Crippen LogP contribution in [-0.4, -0.2) is 55.6 Å². The van der Waals surface area contributed by atoms with Gasteiger partial charge in [0.1, 0.15) is 11.5 Å². The predicted octanol–water partition coefficient (Wildman–Crippen LogP) is 3.13. The van der Waals surface area contributed by atoms with E-state index in [1.807, 2.05) is 13.8 Å². The van der Waals surface area contributed by atoms with E-state index in [-0.39, 0.29) is 5.91 Å². The summed E-state index contributed by atoms with van der Waals surface area (Å²) in [4.78, 5) is 38.2. The highest BCUT2D eigenvalue weighted by molar-refractivity contribution is 5.96. The molecule has 0 fully saturated rings. The fourth-order valence-electron chi connectivity index (χ4n) is 2.75. The number of carbonyl (C=O) groups excluding carboxylic acids is 3. The fraction of sp³-hybridized carbons (Fsp3) is 0.348. The van der Waals surface area contributed by atoms with Crippen LogP contribution in [0.15, 0.2) is 48.5 Å². The Balaban J connectivity index is 1.81. The third-order valence-electron chi connectivity index (χ3n) is 4.52. The highest BCUT2D eigenvalue weighted by atomic mass is 16.6. The first-order valence-corrected chi connectivity index (χ1v) is 10.0. The summed E-state index contributed by atoms with van der Waals surface area (Å²) in [6.45, 7) is 6.17. The molecule has 0 bridgehead atoms. The molecular formula is C23H28N2O6. The van der Waals surface area contributed by atoms with Crippen LogP contribution in [0, 0.1) is 0 Å². The zero-order valence-electron chi connectivity index (χ0n) is 18.2. The lowest BCUT2D eigenvalue weighted by molar-refractivity contribution is -0.153. The molecule has 8 nitrogen and oxygen atoms in total. The summed E-state index contributed by atoms with van der Waals surface area (Å²) >= 11 is 0. The largest absolute Gasteiger partial charge is 0.497 e. The van der Waals surface area contributed by atoms with E-state index in [0.717, 1.165) is 0 Å². The number of nitrogens with zero attached hydrogens (tertiary/aromatic N) is 1. The van der Waals surface area contributed by atoms with E-state index in [0.29, 0.717) is 35.8 Å². The normalized spacial score (nSPS) is 11.2. The minimum atomic E-state index is -0.883. The number of rotatable bonds is 10. The number of amides is 2.